The van der Waals surface area contributed by atoms with Crippen LogP contribution in [0.2, 0.25) is 5.02 Å². The zero-order chi connectivity index (χ0) is 21.1. The summed E-state index contributed by atoms with van der Waals surface area (Å²) >= 11 is 5.99. The quantitative estimate of drug-likeness (QED) is 0.620. The molecule has 158 valence electrons. The Morgan fingerprint density at radius 3 is 2.37 bits per heavy atom. The van der Waals surface area contributed by atoms with Crippen LogP contribution in [-0.4, -0.2) is 41.4 Å². The molecule has 2 bridgehead atoms. The van der Waals surface area contributed by atoms with Gasteiger partial charge in [0.25, 0.3) is 5.91 Å². The number of anilines is 1. The third-order valence-electron chi connectivity index (χ3n) is 6.14. The standard InChI is InChI=1S/C23H27ClN4O2/c24-16-7-5-15(6-8-16)14-28-18-9-10-19(28)12-17(11-18)27-22(29)13-26-23(30)20-3-1-2-4-21(20)25/h1-8,17-19H,9-14,25H2,(H,26,30)(H,27,29)/t17-,18+,19-. The van der Waals surface area contributed by atoms with Crippen LogP contribution < -0.4 is 16.4 Å². The number of hydrogen-bond acceptors (Lipinski definition) is 4. The Hall–Kier alpha value is -2.57. The van der Waals surface area contributed by atoms with Gasteiger partial charge in [0.2, 0.25) is 5.91 Å². The fourth-order valence-electron chi connectivity index (χ4n) is 4.69. The fraction of sp³-hybridized carbons (Fsp3) is 0.391. The summed E-state index contributed by atoms with van der Waals surface area (Å²) in [5, 5.41) is 6.52. The molecule has 6 nitrogen and oxygen atoms in total. The van der Waals surface area contributed by atoms with E-state index in [9.17, 15) is 9.59 Å². The number of piperidine rings is 1. The molecule has 0 aromatic heterocycles. The number of nitrogens with zero attached hydrogens (tertiary/aromatic N) is 1. The minimum atomic E-state index is -0.332. The van der Waals surface area contributed by atoms with E-state index >= 15 is 0 Å². The molecule has 7 heteroatoms. The van der Waals surface area contributed by atoms with Crippen molar-refractivity contribution >= 4 is 29.1 Å². The molecule has 0 spiro atoms. The van der Waals surface area contributed by atoms with Gasteiger partial charge in [-0.2, -0.15) is 0 Å². The number of nitrogen functional groups attached to an aromatic ring is 1. The van der Waals surface area contributed by atoms with E-state index in [0.717, 1.165) is 37.3 Å². The van der Waals surface area contributed by atoms with Crippen molar-refractivity contribution in [2.45, 2.75) is 50.4 Å². The van der Waals surface area contributed by atoms with Crippen molar-refractivity contribution in [3.8, 4) is 0 Å². The molecule has 3 atom stereocenters. The summed E-state index contributed by atoms with van der Waals surface area (Å²) in [4.78, 5) is 27.2. The van der Waals surface area contributed by atoms with Gasteiger partial charge in [-0.25, -0.2) is 0 Å². The Balaban J connectivity index is 1.26. The van der Waals surface area contributed by atoms with Crippen molar-refractivity contribution in [3.05, 3.63) is 64.7 Å². The summed E-state index contributed by atoms with van der Waals surface area (Å²) in [6, 6.07) is 16.0. The third kappa shape index (κ3) is 4.77. The van der Waals surface area contributed by atoms with Crippen LogP contribution in [0.4, 0.5) is 5.69 Å². The van der Waals surface area contributed by atoms with Crippen LogP contribution in [0.3, 0.4) is 0 Å². The topological polar surface area (TPSA) is 87.5 Å². The SMILES string of the molecule is Nc1ccccc1C(=O)NCC(=O)N[C@H]1C[C@H]2CC[C@@H](C1)N2Cc1ccc(Cl)cc1. The smallest absolute Gasteiger partial charge is 0.253 e. The van der Waals surface area contributed by atoms with Crippen molar-refractivity contribution in [1.29, 1.82) is 0 Å². The Morgan fingerprint density at radius 2 is 1.70 bits per heavy atom. The van der Waals surface area contributed by atoms with E-state index in [0.29, 0.717) is 23.3 Å². The van der Waals surface area contributed by atoms with Crippen LogP contribution in [0.5, 0.6) is 0 Å². The summed E-state index contributed by atoms with van der Waals surface area (Å²) in [6.07, 6.45) is 4.20. The van der Waals surface area contributed by atoms with Gasteiger partial charge in [-0.1, -0.05) is 35.9 Å². The zero-order valence-electron chi connectivity index (χ0n) is 16.8. The van der Waals surface area contributed by atoms with Crippen molar-refractivity contribution in [2.24, 2.45) is 0 Å². The van der Waals surface area contributed by atoms with E-state index < -0.39 is 0 Å². The molecule has 30 heavy (non-hydrogen) atoms. The van der Waals surface area contributed by atoms with Gasteiger partial charge in [-0.15, -0.1) is 0 Å². The highest BCUT2D eigenvalue weighted by molar-refractivity contribution is 6.30. The van der Waals surface area contributed by atoms with Crippen molar-refractivity contribution < 1.29 is 9.59 Å². The van der Waals surface area contributed by atoms with E-state index in [-0.39, 0.29) is 24.4 Å². The molecule has 0 saturated carbocycles. The molecule has 0 radical (unpaired) electrons. The molecule has 2 heterocycles. The van der Waals surface area contributed by atoms with Crippen LogP contribution in [0.1, 0.15) is 41.6 Å². The number of fused-ring (bicyclic) bond motifs is 2. The van der Waals surface area contributed by atoms with Crippen molar-refractivity contribution in [1.82, 2.24) is 15.5 Å². The third-order valence-corrected chi connectivity index (χ3v) is 6.39. The highest BCUT2D eigenvalue weighted by Gasteiger charge is 2.40. The first-order valence-electron chi connectivity index (χ1n) is 10.4. The molecule has 2 aliphatic rings. The largest absolute Gasteiger partial charge is 0.398 e. The van der Waals surface area contributed by atoms with Gasteiger partial charge in [0.1, 0.15) is 0 Å². The normalized spacial score (nSPS) is 23.2. The van der Waals surface area contributed by atoms with E-state index in [1.165, 1.54) is 5.56 Å². The zero-order valence-corrected chi connectivity index (χ0v) is 17.6. The van der Waals surface area contributed by atoms with Gasteiger partial charge >= 0.3 is 0 Å². The molecule has 2 fully saturated rings. The van der Waals surface area contributed by atoms with Crippen LogP contribution in [0, 0.1) is 0 Å². The second-order valence-corrected chi connectivity index (χ2v) is 8.63. The fourth-order valence-corrected chi connectivity index (χ4v) is 4.82. The molecule has 2 aromatic carbocycles. The van der Waals surface area contributed by atoms with E-state index in [2.05, 4.69) is 27.7 Å². The van der Waals surface area contributed by atoms with Gasteiger partial charge in [-0.3, -0.25) is 14.5 Å². The summed E-state index contributed by atoms with van der Waals surface area (Å²) in [6.45, 7) is 0.870. The molecule has 2 amide bonds. The molecule has 2 aromatic rings. The number of hydrogen-bond donors (Lipinski definition) is 3. The lowest BCUT2D eigenvalue weighted by Crippen LogP contribution is -2.51. The number of amides is 2. The number of para-hydroxylation sites is 1. The Labute approximate surface area is 181 Å². The molecule has 4 rings (SSSR count). The number of nitrogens with one attached hydrogen (secondary N) is 2. The molecular formula is C23H27ClN4O2. The van der Waals surface area contributed by atoms with Gasteiger partial charge in [0.05, 0.1) is 12.1 Å². The molecule has 2 aliphatic heterocycles. The molecule has 4 N–H and O–H groups in total. The Morgan fingerprint density at radius 1 is 1.03 bits per heavy atom. The average Bonchev–Trinajstić information content (AvgIpc) is 2.96. The van der Waals surface area contributed by atoms with Crippen LogP contribution in [0.15, 0.2) is 48.5 Å². The van der Waals surface area contributed by atoms with E-state index in [1.54, 1.807) is 24.3 Å². The van der Waals surface area contributed by atoms with Crippen molar-refractivity contribution in [2.75, 3.05) is 12.3 Å². The number of rotatable bonds is 6. The first-order valence-corrected chi connectivity index (χ1v) is 10.8. The number of carbonyl (C=O) groups excluding carboxylic acids is 2. The molecular weight excluding hydrogens is 400 g/mol. The molecule has 0 unspecified atom stereocenters. The van der Waals surface area contributed by atoms with Gasteiger partial charge in [0.15, 0.2) is 0 Å². The second-order valence-electron chi connectivity index (χ2n) is 8.19. The van der Waals surface area contributed by atoms with Crippen molar-refractivity contribution in [3.63, 3.8) is 0 Å². The molecule has 0 aliphatic carbocycles. The lowest BCUT2D eigenvalue weighted by atomic mass is 9.96. The van der Waals surface area contributed by atoms with Crippen LogP contribution >= 0.6 is 11.6 Å². The Bertz CT molecular complexity index is 904. The minimum absolute atomic E-state index is 0.0481. The van der Waals surface area contributed by atoms with Crippen LogP contribution in [0.25, 0.3) is 0 Å². The summed E-state index contributed by atoms with van der Waals surface area (Å²) in [5.41, 5.74) is 7.87. The second kappa shape index (κ2) is 9.06. The number of carbonyl (C=O) groups is 2. The lowest BCUT2D eigenvalue weighted by molar-refractivity contribution is -0.121. The van der Waals surface area contributed by atoms with Crippen LogP contribution in [-0.2, 0) is 11.3 Å². The van der Waals surface area contributed by atoms with E-state index in [4.69, 9.17) is 17.3 Å². The maximum Gasteiger partial charge on any atom is 0.253 e. The van der Waals surface area contributed by atoms with Gasteiger partial charge in [0, 0.05) is 35.4 Å². The van der Waals surface area contributed by atoms with E-state index in [1.807, 2.05) is 12.1 Å². The highest BCUT2D eigenvalue weighted by Crippen LogP contribution is 2.36. The summed E-state index contributed by atoms with van der Waals surface area (Å²) in [5.74, 6) is -0.491. The monoisotopic (exact) mass is 426 g/mol. The molecule has 2 saturated heterocycles. The van der Waals surface area contributed by atoms with Gasteiger partial charge < -0.3 is 16.4 Å². The number of halogens is 1. The summed E-state index contributed by atoms with van der Waals surface area (Å²) < 4.78 is 0. The summed E-state index contributed by atoms with van der Waals surface area (Å²) in [7, 11) is 0. The predicted octanol–water partition coefficient (Wildman–Crippen LogP) is 2.96. The lowest BCUT2D eigenvalue weighted by Gasteiger charge is -2.39. The first kappa shape index (κ1) is 20.7. The number of nitrogens with two attached hydrogens (primary N) is 1. The first-order chi connectivity index (χ1) is 14.5. The minimum Gasteiger partial charge on any atom is -0.398 e. The Kier molecular flexibility index (Phi) is 6.25. The van der Waals surface area contributed by atoms with Gasteiger partial charge in [-0.05, 0) is 55.5 Å². The average molecular weight is 427 g/mol. The maximum absolute atomic E-state index is 12.4. The number of benzene rings is 2. The predicted molar refractivity (Wildman–Crippen MR) is 118 cm³/mol. The maximum atomic E-state index is 12.4. The highest BCUT2D eigenvalue weighted by atomic mass is 35.5.